The Morgan fingerprint density at radius 2 is 1.59 bits per heavy atom. The summed E-state index contributed by atoms with van der Waals surface area (Å²) in [5.41, 5.74) is 2.08. The third-order valence-electron chi connectivity index (χ3n) is 5.34. The molecule has 1 atom stereocenters. The number of hydrogen-bond donors (Lipinski definition) is 1. The van der Waals surface area contributed by atoms with Crippen molar-refractivity contribution in [2.24, 2.45) is 0 Å². The van der Waals surface area contributed by atoms with E-state index in [0.29, 0.717) is 17.9 Å². The maximum absolute atomic E-state index is 12.8. The van der Waals surface area contributed by atoms with Crippen molar-refractivity contribution in [2.75, 3.05) is 19.6 Å². The lowest BCUT2D eigenvalue weighted by molar-refractivity contribution is -0.119. The van der Waals surface area contributed by atoms with Gasteiger partial charge in [0.15, 0.2) is 5.78 Å². The molecule has 0 spiro atoms. The van der Waals surface area contributed by atoms with Crippen LogP contribution in [-0.4, -0.2) is 42.3 Å². The van der Waals surface area contributed by atoms with Crippen LogP contribution in [-0.2, 0) is 4.79 Å². The van der Waals surface area contributed by atoms with E-state index in [-0.39, 0.29) is 11.7 Å². The van der Waals surface area contributed by atoms with E-state index in [1.54, 1.807) is 0 Å². The molecule has 1 fully saturated rings. The average Bonchev–Trinajstić information content (AvgIpc) is 2.72. The molecule has 1 unspecified atom stereocenters. The minimum Gasteiger partial charge on any atom is -0.346 e. The molecule has 0 saturated carbocycles. The summed E-state index contributed by atoms with van der Waals surface area (Å²) >= 11 is 0. The summed E-state index contributed by atoms with van der Waals surface area (Å²) in [6.07, 6.45) is 2.92. The molecule has 0 bridgehead atoms. The number of rotatable bonds is 7. The molecule has 4 heteroatoms. The standard InChI is InChI=1S/C23H28N2O2/c1-18(26)24-22(23(27)21-10-6-3-7-11-21)14-17-25-15-12-20(13-16-25)19-8-4-2-5-9-19/h2-11,20,22H,12-17H2,1H3,(H,24,26). The van der Waals surface area contributed by atoms with Crippen molar-refractivity contribution in [1.29, 1.82) is 0 Å². The molecule has 0 aliphatic carbocycles. The van der Waals surface area contributed by atoms with E-state index in [0.717, 1.165) is 32.5 Å². The Hall–Kier alpha value is -2.46. The van der Waals surface area contributed by atoms with E-state index in [4.69, 9.17) is 0 Å². The van der Waals surface area contributed by atoms with Crippen molar-refractivity contribution >= 4 is 11.7 Å². The van der Waals surface area contributed by atoms with Gasteiger partial charge in [-0.2, -0.15) is 0 Å². The molecular weight excluding hydrogens is 336 g/mol. The molecule has 1 aliphatic heterocycles. The van der Waals surface area contributed by atoms with Gasteiger partial charge in [0.25, 0.3) is 0 Å². The normalized spacial score (nSPS) is 16.6. The number of amides is 1. The maximum Gasteiger partial charge on any atom is 0.217 e. The number of ketones is 1. The van der Waals surface area contributed by atoms with Crippen molar-refractivity contribution in [1.82, 2.24) is 10.2 Å². The minimum absolute atomic E-state index is 0.00929. The third kappa shape index (κ3) is 5.51. The fourth-order valence-electron chi connectivity index (χ4n) is 3.84. The largest absolute Gasteiger partial charge is 0.346 e. The number of nitrogens with one attached hydrogen (secondary N) is 1. The van der Waals surface area contributed by atoms with Gasteiger partial charge < -0.3 is 10.2 Å². The van der Waals surface area contributed by atoms with Gasteiger partial charge in [-0.05, 0) is 43.8 Å². The molecule has 3 rings (SSSR count). The van der Waals surface area contributed by atoms with Crippen LogP contribution in [0.2, 0.25) is 0 Å². The third-order valence-corrected chi connectivity index (χ3v) is 5.34. The molecule has 1 heterocycles. The molecule has 27 heavy (non-hydrogen) atoms. The predicted molar refractivity (Wildman–Crippen MR) is 108 cm³/mol. The predicted octanol–water partition coefficient (Wildman–Crippen LogP) is 3.64. The van der Waals surface area contributed by atoms with Crippen molar-refractivity contribution in [3.8, 4) is 0 Å². The number of carbonyl (C=O) groups is 2. The summed E-state index contributed by atoms with van der Waals surface area (Å²) in [6.45, 7) is 4.36. The van der Waals surface area contributed by atoms with E-state index in [2.05, 4.69) is 40.5 Å². The highest BCUT2D eigenvalue weighted by molar-refractivity contribution is 6.01. The number of benzene rings is 2. The number of nitrogens with zero attached hydrogens (tertiary/aromatic N) is 1. The number of hydrogen-bond acceptors (Lipinski definition) is 3. The Morgan fingerprint density at radius 1 is 1.00 bits per heavy atom. The van der Waals surface area contributed by atoms with Gasteiger partial charge in [0.2, 0.25) is 5.91 Å². The summed E-state index contributed by atoms with van der Waals surface area (Å²) in [5.74, 6) is 0.455. The fraction of sp³-hybridized carbons (Fsp3) is 0.391. The van der Waals surface area contributed by atoms with Crippen LogP contribution < -0.4 is 5.32 Å². The minimum atomic E-state index is -0.461. The first-order chi connectivity index (χ1) is 13.1. The Balaban J connectivity index is 1.53. The van der Waals surface area contributed by atoms with Gasteiger partial charge in [0.1, 0.15) is 0 Å². The van der Waals surface area contributed by atoms with E-state index in [1.807, 2.05) is 30.3 Å². The van der Waals surface area contributed by atoms with Crippen LogP contribution in [0.5, 0.6) is 0 Å². The van der Waals surface area contributed by atoms with E-state index in [1.165, 1.54) is 12.5 Å². The fourth-order valence-corrected chi connectivity index (χ4v) is 3.84. The molecule has 1 aliphatic rings. The zero-order valence-corrected chi connectivity index (χ0v) is 15.9. The summed E-state index contributed by atoms with van der Waals surface area (Å²) in [4.78, 5) is 26.7. The van der Waals surface area contributed by atoms with Crippen molar-refractivity contribution in [2.45, 2.75) is 38.1 Å². The Labute approximate surface area is 161 Å². The summed E-state index contributed by atoms with van der Waals surface area (Å²) in [6, 6.07) is 19.5. The molecule has 0 radical (unpaired) electrons. The van der Waals surface area contributed by atoms with Crippen LogP contribution in [0.3, 0.4) is 0 Å². The molecule has 4 nitrogen and oxygen atoms in total. The molecule has 2 aromatic carbocycles. The zero-order chi connectivity index (χ0) is 19.1. The van der Waals surface area contributed by atoms with Gasteiger partial charge in [0, 0.05) is 19.0 Å². The van der Waals surface area contributed by atoms with Crippen LogP contribution in [0.1, 0.15) is 48.0 Å². The Bertz CT molecular complexity index is 737. The van der Waals surface area contributed by atoms with Crippen molar-refractivity contribution in [3.63, 3.8) is 0 Å². The SMILES string of the molecule is CC(=O)NC(CCN1CCC(c2ccccc2)CC1)C(=O)c1ccccc1. The maximum atomic E-state index is 12.8. The van der Waals surface area contributed by atoms with Gasteiger partial charge in [0.05, 0.1) is 6.04 Å². The summed E-state index contributed by atoms with van der Waals surface area (Å²) in [7, 11) is 0. The molecule has 2 aromatic rings. The summed E-state index contributed by atoms with van der Waals surface area (Å²) < 4.78 is 0. The van der Waals surface area contributed by atoms with Crippen LogP contribution in [0.15, 0.2) is 60.7 Å². The lowest BCUT2D eigenvalue weighted by Crippen LogP contribution is -2.43. The first-order valence-electron chi connectivity index (χ1n) is 9.77. The van der Waals surface area contributed by atoms with Crippen LogP contribution in [0.4, 0.5) is 0 Å². The lowest BCUT2D eigenvalue weighted by Gasteiger charge is -2.33. The first-order valence-corrected chi connectivity index (χ1v) is 9.77. The highest BCUT2D eigenvalue weighted by Gasteiger charge is 2.24. The molecular formula is C23H28N2O2. The van der Waals surface area contributed by atoms with Crippen LogP contribution in [0, 0.1) is 0 Å². The van der Waals surface area contributed by atoms with Gasteiger partial charge in [-0.3, -0.25) is 9.59 Å². The molecule has 1 amide bonds. The first kappa shape index (κ1) is 19.3. The number of likely N-dealkylation sites (tertiary alicyclic amines) is 1. The number of Topliss-reactive ketones (excluding diaryl/α,β-unsaturated/α-hetero) is 1. The van der Waals surface area contributed by atoms with Crippen LogP contribution in [0.25, 0.3) is 0 Å². The quantitative estimate of drug-likeness (QED) is 0.763. The monoisotopic (exact) mass is 364 g/mol. The molecule has 0 aromatic heterocycles. The van der Waals surface area contributed by atoms with Gasteiger partial charge in [-0.25, -0.2) is 0 Å². The molecule has 1 saturated heterocycles. The Kier molecular flexibility index (Phi) is 6.77. The number of piperidine rings is 1. The Morgan fingerprint density at radius 3 is 2.19 bits per heavy atom. The van der Waals surface area contributed by atoms with Gasteiger partial charge >= 0.3 is 0 Å². The highest BCUT2D eigenvalue weighted by Crippen LogP contribution is 2.27. The highest BCUT2D eigenvalue weighted by atomic mass is 16.2. The second kappa shape index (κ2) is 9.47. The van der Waals surface area contributed by atoms with E-state index >= 15 is 0 Å². The van der Waals surface area contributed by atoms with Crippen LogP contribution >= 0.6 is 0 Å². The van der Waals surface area contributed by atoms with E-state index < -0.39 is 6.04 Å². The average molecular weight is 364 g/mol. The molecule has 1 N–H and O–H groups in total. The van der Waals surface area contributed by atoms with Crippen molar-refractivity contribution < 1.29 is 9.59 Å². The number of carbonyl (C=O) groups excluding carboxylic acids is 2. The van der Waals surface area contributed by atoms with Crippen molar-refractivity contribution in [3.05, 3.63) is 71.8 Å². The van der Waals surface area contributed by atoms with E-state index in [9.17, 15) is 9.59 Å². The smallest absolute Gasteiger partial charge is 0.217 e. The van der Waals surface area contributed by atoms with Gasteiger partial charge in [-0.15, -0.1) is 0 Å². The van der Waals surface area contributed by atoms with Gasteiger partial charge in [-0.1, -0.05) is 60.7 Å². The zero-order valence-electron chi connectivity index (χ0n) is 15.9. The lowest BCUT2D eigenvalue weighted by atomic mass is 9.89. The molecule has 142 valence electrons. The topological polar surface area (TPSA) is 49.4 Å². The second-order valence-electron chi connectivity index (χ2n) is 7.30. The summed E-state index contributed by atoms with van der Waals surface area (Å²) in [5, 5.41) is 2.84. The second-order valence-corrected chi connectivity index (χ2v) is 7.30.